The van der Waals surface area contributed by atoms with Crippen LogP contribution in [0.15, 0.2) is 24.3 Å². The number of para-hydroxylation sites is 2. The molecule has 138 valence electrons. The Bertz CT molecular complexity index is 822. The number of carbonyl (C=O) groups excluding carboxylic acids is 2. The minimum Gasteiger partial charge on any atom is -0.341 e. The van der Waals surface area contributed by atoms with Gasteiger partial charge < -0.3 is 14.4 Å². The van der Waals surface area contributed by atoms with Crippen molar-refractivity contribution in [1.29, 1.82) is 0 Å². The number of hydrogen-bond acceptors (Lipinski definition) is 3. The molecule has 2 fully saturated rings. The Hall–Kier alpha value is -2.37. The maximum atomic E-state index is 12.9. The third kappa shape index (κ3) is 3.08. The Kier molecular flexibility index (Phi) is 4.66. The number of rotatable bonds is 3. The molecular weight excluding hydrogens is 328 g/mol. The van der Waals surface area contributed by atoms with Gasteiger partial charge >= 0.3 is 0 Å². The Balaban J connectivity index is 1.70. The molecule has 6 heteroatoms. The topological polar surface area (TPSA) is 58.4 Å². The monoisotopic (exact) mass is 354 g/mol. The quantitative estimate of drug-likeness (QED) is 0.851. The molecule has 0 saturated carbocycles. The van der Waals surface area contributed by atoms with Crippen molar-refractivity contribution in [3.05, 3.63) is 30.1 Å². The highest BCUT2D eigenvalue weighted by atomic mass is 16.2. The summed E-state index contributed by atoms with van der Waals surface area (Å²) in [5, 5.41) is 0. The van der Waals surface area contributed by atoms with Crippen molar-refractivity contribution in [2.24, 2.45) is 0 Å². The van der Waals surface area contributed by atoms with Crippen LogP contribution in [-0.2, 0) is 16.1 Å². The fourth-order valence-electron chi connectivity index (χ4n) is 4.31. The number of carbonyl (C=O) groups is 2. The molecule has 2 amide bonds. The number of nitrogens with zero attached hydrogens (tertiary/aromatic N) is 4. The maximum absolute atomic E-state index is 12.9. The first kappa shape index (κ1) is 17.1. The average Bonchev–Trinajstić information content (AvgIpc) is 3.27. The number of aromatic nitrogens is 2. The van der Waals surface area contributed by atoms with Crippen molar-refractivity contribution in [3.63, 3.8) is 0 Å². The molecule has 0 N–H and O–H groups in total. The van der Waals surface area contributed by atoms with E-state index in [1.54, 1.807) is 6.92 Å². The highest BCUT2D eigenvalue weighted by Crippen LogP contribution is 2.33. The molecule has 2 aromatic rings. The van der Waals surface area contributed by atoms with Crippen LogP contribution in [0.5, 0.6) is 0 Å². The molecule has 0 bridgehead atoms. The molecule has 0 radical (unpaired) electrons. The first-order valence-electron chi connectivity index (χ1n) is 9.65. The van der Waals surface area contributed by atoms with E-state index in [9.17, 15) is 9.59 Å². The van der Waals surface area contributed by atoms with Crippen LogP contribution >= 0.6 is 0 Å². The molecule has 0 spiro atoms. The number of amides is 2. The summed E-state index contributed by atoms with van der Waals surface area (Å²) in [4.78, 5) is 33.6. The van der Waals surface area contributed by atoms with Gasteiger partial charge in [-0.05, 0) is 44.2 Å². The van der Waals surface area contributed by atoms with Gasteiger partial charge in [-0.3, -0.25) is 9.59 Å². The van der Waals surface area contributed by atoms with Crippen LogP contribution in [0.4, 0.5) is 0 Å². The van der Waals surface area contributed by atoms with Crippen LogP contribution in [0, 0.1) is 0 Å². The van der Waals surface area contributed by atoms with Gasteiger partial charge in [-0.15, -0.1) is 0 Å². The zero-order valence-electron chi connectivity index (χ0n) is 15.4. The number of hydrogen-bond donors (Lipinski definition) is 0. The van der Waals surface area contributed by atoms with E-state index in [1.165, 1.54) is 6.42 Å². The first-order chi connectivity index (χ1) is 12.6. The summed E-state index contributed by atoms with van der Waals surface area (Å²) in [5.74, 6) is 1.08. The third-order valence-corrected chi connectivity index (χ3v) is 5.64. The second kappa shape index (κ2) is 7.09. The lowest BCUT2D eigenvalue weighted by Crippen LogP contribution is -2.38. The molecule has 2 saturated heterocycles. The molecule has 1 aromatic carbocycles. The molecule has 0 unspecified atom stereocenters. The van der Waals surface area contributed by atoms with Gasteiger partial charge in [0.1, 0.15) is 12.4 Å². The lowest BCUT2D eigenvalue weighted by molar-refractivity contribution is -0.132. The molecular formula is C20H26N4O2. The molecule has 1 aromatic heterocycles. The van der Waals surface area contributed by atoms with Crippen molar-refractivity contribution in [2.45, 2.75) is 51.6 Å². The summed E-state index contributed by atoms with van der Waals surface area (Å²) >= 11 is 0. The summed E-state index contributed by atoms with van der Waals surface area (Å²) in [6.45, 7) is 4.39. The van der Waals surface area contributed by atoms with Gasteiger partial charge in [0.15, 0.2) is 0 Å². The smallest absolute Gasteiger partial charge is 0.242 e. The lowest BCUT2D eigenvalue weighted by Gasteiger charge is -2.28. The molecule has 1 atom stereocenters. The van der Waals surface area contributed by atoms with Gasteiger partial charge in [-0.1, -0.05) is 12.1 Å². The van der Waals surface area contributed by atoms with Crippen LogP contribution in [-0.4, -0.2) is 50.8 Å². The maximum Gasteiger partial charge on any atom is 0.242 e. The van der Waals surface area contributed by atoms with Crippen molar-refractivity contribution < 1.29 is 9.59 Å². The standard InChI is InChI=1S/C20H26N4O2/c1-15(25)23-13-7-10-18(23)20-21-16-8-3-4-9-17(16)24(20)14-19(26)22-11-5-2-6-12-22/h3-4,8-9,18H,2,5-7,10-14H2,1H3/t18-/m0/s1. The summed E-state index contributed by atoms with van der Waals surface area (Å²) in [6.07, 6.45) is 5.26. The fraction of sp³-hybridized carbons (Fsp3) is 0.550. The Labute approximate surface area is 153 Å². The molecule has 26 heavy (non-hydrogen) atoms. The molecule has 4 rings (SSSR count). The second-order valence-electron chi connectivity index (χ2n) is 7.36. The van der Waals surface area contributed by atoms with Gasteiger partial charge in [0.2, 0.25) is 11.8 Å². The third-order valence-electron chi connectivity index (χ3n) is 5.64. The minimum absolute atomic E-state index is 0.0333. The van der Waals surface area contributed by atoms with Gasteiger partial charge in [0.25, 0.3) is 0 Å². The van der Waals surface area contributed by atoms with Crippen molar-refractivity contribution >= 4 is 22.8 Å². The zero-order valence-corrected chi connectivity index (χ0v) is 15.4. The summed E-state index contributed by atoms with van der Waals surface area (Å²) < 4.78 is 2.04. The van der Waals surface area contributed by atoms with E-state index in [4.69, 9.17) is 4.98 Å². The van der Waals surface area contributed by atoms with E-state index in [1.807, 2.05) is 38.6 Å². The van der Waals surface area contributed by atoms with E-state index in [2.05, 4.69) is 0 Å². The minimum atomic E-state index is -0.0333. The van der Waals surface area contributed by atoms with E-state index < -0.39 is 0 Å². The van der Waals surface area contributed by atoms with E-state index in [0.29, 0.717) is 6.54 Å². The van der Waals surface area contributed by atoms with E-state index in [-0.39, 0.29) is 17.9 Å². The van der Waals surface area contributed by atoms with Gasteiger partial charge in [0.05, 0.1) is 17.1 Å². The van der Waals surface area contributed by atoms with Gasteiger partial charge in [0, 0.05) is 26.6 Å². The van der Waals surface area contributed by atoms with Gasteiger partial charge in [-0.25, -0.2) is 4.98 Å². The van der Waals surface area contributed by atoms with Crippen LogP contribution in [0.1, 0.15) is 50.9 Å². The summed E-state index contributed by atoms with van der Waals surface area (Å²) in [5.41, 5.74) is 1.87. The van der Waals surface area contributed by atoms with E-state index >= 15 is 0 Å². The van der Waals surface area contributed by atoms with Crippen molar-refractivity contribution in [3.8, 4) is 0 Å². The number of likely N-dealkylation sites (tertiary alicyclic amines) is 2. The average molecular weight is 354 g/mol. The fourth-order valence-corrected chi connectivity index (χ4v) is 4.31. The number of imidazole rings is 1. The molecule has 6 nitrogen and oxygen atoms in total. The van der Waals surface area contributed by atoms with Crippen LogP contribution in [0.25, 0.3) is 11.0 Å². The molecule has 2 aliphatic heterocycles. The molecule has 3 heterocycles. The molecule has 2 aliphatic rings. The predicted molar refractivity (Wildman–Crippen MR) is 99.5 cm³/mol. The Morgan fingerprint density at radius 1 is 1.08 bits per heavy atom. The predicted octanol–water partition coefficient (Wildman–Crippen LogP) is 2.73. The Morgan fingerprint density at radius 3 is 2.62 bits per heavy atom. The van der Waals surface area contributed by atoms with Gasteiger partial charge in [-0.2, -0.15) is 0 Å². The van der Waals surface area contributed by atoms with Crippen molar-refractivity contribution in [1.82, 2.24) is 19.4 Å². The zero-order chi connectivity index (χ0) is 18.1. The number of piperidine rings is 1. The Morgan fingerprint density at radius 2 is 1.85 bits per heavy atom. The number of benzene rings is 1. The van der Waals surface area contributed by atoms with E-state index in [0.717, 1.165) is 62.2 Å². The highest BCUT2D eigenvalue weighted by molar-refractivity contribution is 5.81. The van der Waals surface area contributed by atoms with Crippen LogP contribution in [0.2, 0.25) is 0 Å². The summed E-state index contributed by atoms with van der Waals surface area (Å²) in [6, 6.07) is 7.91. The number of fused-ring (bicyclic) bond motifs is 1. The normalized spacial score (nSPS) is 20.7. The van der Waals surface area contributed by atoms with Crippen molar-refractivity contribution in [2.75, 3.05) is 19.6 Å². The largest absolute Gasteiger partial charge is 0.341 e. The highest BCUT2D eigenvalue weighted by Gasteiger charge is 2.32. The second-order valence-corrected chi connectivity index (χ2v) is 7.36. The molecule has 0 aliphatic carbocycles. The lowest BCUT2D eigenvalue weighted by atomic mass is 10.1. The first-order valence-corrected chi connectivity index (χ1v) is 9.65. The summed E-state index contributed by atoms with van der Waals surface area (Å²) in [7, 11) is 0. The van der Waals surface area contributed by atoms with Crippen LogP contribution < -0.4 is 0 Å². The SMILES string of the molecule is CC(=O)N1CCC[C@H]1c1nc2ccccc2n1CC(=O)N1CCCCC1. The van der Waals surface area contributed by atoms with Crippen LogP contribution in [0.3, 0.4) is 0 Å².